The molecule has 730 valence electrons. The number of oxime groups is 1. The number of pyridine rings is 1. The summed E-state index contributed by atoms with van der Waals surface area (Å²) in [4.78, 5) is 227. The van der Waals surface area contributed by atoms with Crippen molar-refractivity contribution in [1.82, 2.24) is 72.8 Å². The lowest BCUT2D eigenvalue weighted by Gasteiger charge is -2.41. The molecule has 47 heteroatoms. The molecule has 1 aliphatic carbocycles. The third kappa shape index (κ3) is 23.6. The lowest BCUT2D eigenvalue weighted by molar-refractivity contribution is -0.288. The number of nitrogens with one attached hydrogen (secondary N) is 9. The van der Waals surface area contributed by atoms with Crippen molar-refractivity contribution in [3.8, 4) is 0 Å². The lowest BCUT2D eigenvalue weighted by atomic mass is 9.80. The molecule has 5 aromatic heterocycles. The van der Waals surface area contributed by atoms with Crippen molar-refractivity contribution in [2.75, 3.05) is 12.4 Å². The summed E-state index contributed by atoms with van der Waals surface area (Å²) >= 11 is 4.45. The maximum atomic E-state index is 15.7. The highest BCUT2D eigenvalue weighted by Crippen LogP contribution is 2.49. The number of ketones is 3. The van der Waals surface area contributed by atoms with Gasteiger partial charge in [0.15, 0.2) is 17.3 Å². The average Bonchev–Trinajstić information content (AvgIpc) is 1.65. The second kappa shape index (κ2) is 44.2. The van der Waals surface area contributed by atoms with Crippen LogP contribution in [0.2, 0.25) is 0 Å². The smallest absolute Gasteiger partial charge is 0.357 e. The topological polar surface area (TPSA) is 647 Å². The van der Waals surface area contributed by atoms with Gasteiger partial charge in [-0.1, -0.05) is 89.7 Å². The van der Waals surface area contributed by atoms with E-state index in [4.69, 9.17) is 35.0 Å². The fourth-order valence-electron chi connectivity index (χ4n) is 15.6. The maximum Gasteiger partial charge on any atom is 0.357 e. The highest BCUT2D eigenvalue weighted by molar-refractivity contribution is 8.14. The Hall–Kier alpha value is -11.9. The number of allylic oxidation sites excluding steroid dienone is 2. The first-order valence-electron chi connectivity index (χ1n) is 43.6. The molecule has 1 fully saturated rings. The first kappa shape index (κ1) is 104. The van der Waals surface area contributed by atoms with Gasteiger partial charge in [0.05, 0.1) is 100 Å². The second-order valence-electron chi connectivity index (χ2n) is 34.3. The number of thiazole rings is 4. The van der Waals surface area contributed by atoms with Crippen molar-refractivity contribution in [3.63, 3.8) is 0 Å². The van der Waals surface area contributed by atoms with Crippen molar-refractivity contribution in [2.24, 2.45) is 44.5 Å². The molecule has 13 bridgehead atoms. The lowest BCUT2D eigenvalue weighted by Crippen LogP contribution is -2.54. The number of Topliss-reactive ketones (excluding diaryl/α,β-unsaturated/α-hetero) is 3. The first-order valence-corrected chi connectivity index (χ1v) is 48.1. The van der Waals surface area contributed by atoms with Crippen molar-refractivity contribution >= 4 is 157 Å². The molecule has 0 radical (unpaired) electrons. The van der Waals surface area contributed by atoms with Gasteiger partial charge in [-0.05, 0) is 89.6 Å². The van der Waals surface area contributed by atoms with Gasteiger partial charge in [-0.2, -0.15) is 0 Å². The van der Waals surface area contributed by atoms with E-state index in [0.717, 1.165) is 69.5 Å². The Morgan fingerprint density at radius 1 is 0.796 bits per heavy atom. The Morgan fingerprint density at radius 3 is 2.20 bits per heavy atom. The summed E-state index contributed by atoms with van der Waals surface area (Å²) in [5, 5.41) is 122. The van der Waals surface area contributed by atoms with Crippen molar-refractivity contribution in [2.45, 2.75) is 223 Å². The molecular weight excluding hydrogens is 1880 g/mol. The number of thioether (sulfide) groups is 1. The zero-order chi connectivity index (χ0) is 99.8. The highest BCUT2D eigenvalue weighted by atomic mass is 32.2. The number of aliphatic hydroxyl groups is 8. The normalized spacial score (nSPS) is 28.1. The molecule has 22 unspecified atom stereocenters. The largest absolute Gasteiger partial charge is 0.455 e. The predicted octanol–water partition coefficient (Wildman–Crippen LogP) is 3.02. The first-order chi connectivity index (χ1) is 64.8. The van der Waals surface area contributed by atoms with Gasteiger partial charge in [0.1, 0.15) is 96.6 Å². The van der Waals surface area contributed by atoms with Crippen molar-refractivity contribution in [3.05, 3.63) is 183 Å². The number of hydrogen-bond donors (Lipinski definition) is 18. The van der Waals surface area contributed by atoms with Gasteiger partial charge in [0.25, 0.3) is 41.7 Å². The quantitative estimate of drug-likeness (QED) is 0.0254. The van der Waals surface area contributed by atoms with Gasteiger partial charge in [0.2, 0.25) is 17.7 Å². The van der Waals surface area contributed by atoms with Gasteiger partial charge < -0.3 is 103 Å². The molecule has 42 nitrogen and oxygen atoms in total. The molecule has 9 amide bonds. The summed E-state index contributed by atoms with van der Waals surface area (Å²) < 4.78 is 11.8. The Morgan fingerprint density at radius 2 is 1.50 bits per heavy atom. The van der Waals surface area contributed by atoms with Crippen LogP contribution >= 0.6 is 57.1 Å². The third-order valence-electron chi connectivity index (χ3n) is 24.4. The molecule has 5 aliphatic heterocycles. The molecule has 6 aromatic rings. The number of nitrogens with zero attached hydrogens (tertiary/aromatic N) is 8. The van der Waals surface area contributed by atoms with Crippen LogP contribution in [-0.4, -0.2) is 244 Å². The number of benzene rings is 1. The summed E-state index contributed by atoms with van der Waals surface area (Å²) in [5.74, 6) is -16.9. The number of fused-ring (bicyclic) bond motifs is 7. The van der Waals surface area contributed by atoms with Gasteiger partial charge in [-0.3, -0.25) is 72.8 Å². The number of esters is 1. The number of aliphatic imine (C=N–C) groups is 2. The SMILES string of the molecule is C=C1NC(=O)C(C)CC(=O)C(C(C)CC)NC2C=Cc3c(C(C)O)cc(nc3C2O)C(=O)OC(C)C2NC(=O)c3csc(n3)C(C(C)(O)C(C)O)CC(=O)C3CSC(=N3)/C(=C/C)NC(=O)C(C(C)O)NC(=O)c3csc(n3)C3(CCC(c4nc(C(=O)NC(=C)C(=O)NC(=CNC(=O)c5cccc(C=NOC6OC(CO)C(C)C(O)C6O)c5)C(N)=O)cs4)=NC3c3csc2n3)NC(=O)C(C)CC1=O. The minimum Gasteiger partial charge on any atom is -0.455 e. The van der Waals surface area contributed by atoms with E-state index >= 15 is 14.4 Å². The maximum absolute atomic E-state index is 15.7. The third-order valence-corrected chi connectivity index (χ3v) is 29.3. The Kier molecular flexibility index (Phi) is 33.6. The van der Waals surface area contributed by atoms with Crippen LogP contribution in [0.1, 0.15) is 245 Å². The van der Waals surface area contributed by atoms with E-state index in [1.807, 2.05) is 6.92 Å². The summed E-state index contributed by atoms with van der Waals surface area (Å²) in [7, 11) is 0. The fraction of sp³-hybridized carbons (Fsp3) is 0.456. The second-order valence-corrected chi connectivity index (χ2v) is 38.8. The number of carbonyl (C=O) groups excluding carboxylic acids is 13. The molecule has 10 heterocycles. The summed E-state index contributed by atoms with van der Waals surface area (Å²) in [6.45, 7) is 23.2. The number of aromatic nitrogens is 5. The van der Waals surface area contributed by atoms with E-state index in [-0.39, 0.29) is 100 Å². The number of hydrogen-bond acceptors (Lipinski definition) is 38. The van der Waals surface area contributed by atoms with E-state index in [0.29, 0.717) is 6.42 Å². The van der Waals surface area contributed by atoms with Gasteiger partial charge in [-0.15, -0.1) is 57.1 Å². The van der Waals surface area contributed by atoms with E-state index in [1.165, 1.54) is 106 Å². The molecule has 0 saturated carbocycles. The molecule has 19 N–H and O–H groups in total. The number of amides is 9. The van der Waals surface area contributed by atoms with Crippen molar-refractivity contribution in [1.29, 1.82) is 0 Å². The number of rotatable bonds is 18. The van der Waals surface area contributed by atoms with E-state index in [9.17, 15) is 88.8 Å². The Labute approximate surface area is 804 Å². The van der Waals surface area contributed by atoms with Gasteiger partial charge in [0, 0.05) is 87.5 Å². The van der Waals surface area contributed by atoms with Crippen LogP contribution in [0.15, 0.2) is 121 Å². The van der Waals surface area contributed by atoms with Gasteiger partial charge >= 0.3 is 5.97 Å². The van der Waals surface area contributed by atoms with Crippen LogP contribution in [0.4, 0.5) is 0 Å². The van der Waals surface area contributed by atoms with Crippen LogP contribution in [-0.2, 0) is 58.2 Å². The van der Waals surface area contributed by atoms with Gasteiger partial charge in [-0.25, -0.2) is 29.7 Å². The molecule has 1 saturated heterocycles. The van der Waals surface area contributed by atoms with Crippen LogP contribution in [0, 0.1) is 23.7 Å². The highest BCUT2D eigenvalue weighted by Gasteiger charge is 2.52. The molecule has 6 aliphatic rings. The molecule has 22 atom stereocenters. The summed E-state index contributed by atoms with van der Waals surface area (Å²) in [5.41, 5.74) is -1.37. The predicted molar refractivity (Wildman–Crippen MR) is 500 cm³/mol. The number of nitrogens with two attached hydrogens (primary N) is 1. The van der Waals surface area contributed by atoms with Crippen LogP contribution in [0.5, 0.6) is 0 Å². The number of cyclic esters (lactones) is 1. The molecule has 12 rings (SSSR count). The summed E-state index contributed by atoms with van der Waals surface area (Å²) in [6, 6.07) is -1.22. The van der Waals surface area contributed by atoms with E-state index in [2.05, 4.69) is 86.1 Å². The molecule has 1 aromatic carbocycles. The zero-order valence-corrected chi connectivity index (χ0v) is 80.1. The number of primary amides is 1. The Bertz CT molecular complexity index is 5930. The van der Waals surface area contributed by atoms with E-state index < -0.39 is 263 Å². The van der Waals surface area contributed by atoms with Crippen molar-refractivity contribution < 1.29 is 117 Å². The van der Waals surface area contributed by atoms with Crippen LogP contribution in [0.25, 0.3) is 6.08 Å². The standard InChI is InChI=1S/C90H106N18O24S5/c1-14-36(3)65-63(115)24-37(4)74(120)94-40(7)61(113)23-38(5)75(121)108-90-22-21-53(84-104-58(34-135-84)78(124)95-41(8)76(122)100-55(73(91)119)29-92-77(123)47-18-16-17-46(25-47)28-93-132-87-71(118)69(116)39(6)64(30-109)131-87)98-72(90)57-32-136-85(102-57)67(44(11)130-86(128)54-26-49(42(9)110)48-19-20-52(96-65)70(117)68(48)97-54)107-79(125)59-33-133-82(103-59)50(89(13,129)45(12)112)27-62(114)56-31-134-83(101-56)51(15-2)99-81(127)66(43(10)111)106-80(126)60-35-137-88(90)105-60/h15-20,25-26,28-29,32-39,42-45,50,52,56,64-67,69-72,87,96,109-112,116-118,129H,7-8,14,21-24,27,30-31H2,1-6,9-13H3,(H2,91,119)(H,92,123)(H,94,120)(H,95,124)(H,99,127)(H,100,122)(H,106,126)(H,107,125)(H,108,121)/b51-15-,55-29?,93-28?. The monoisotopic (exact) mass is 1980 g/mol. The number of aliphatic hydroxyl groups excluding tert-OH is 7. The minimum atomic E-state index is -2.12. The molecule has 137 heavy (non-hydrogen) atoms. The Balaban J connectivity index is 0.944. The number of carbonyl (C=O) groups is 13. The van der Waals surface area contributed by atoms with Crippen LogP contribution < -0.4 is 53.6 Å². The molecular formula is C90H106N18O24S5. The average molecular weight is 1980 g/mol. The molecule has 0 spiro atoms. The van der Waals surface area contributed by atoms with Crippen LogP contribution in [0.3, 0.4) is 0 Å². The minimum absolute atomic E-state index is 0.00459. The zero-order valence-electron chi connectivity index (χ0n) is 76.0. The summed E-state index contributed by atoms with van der Waals surface area (Å²) in [6.07, 6.45) is -7.94. The van der Waals surface area contributed by atoms with E-state index in [1.54, 1.807) is 32.9 Å². The fourth-order valence-corrected chi connectivity index (χ4v) is 20.6. The number of ether oxygens (including phenoxy) is 2.